The Bertz CT molecular complexity index is 380. The van der Waals surface area contributed by atoms with E-state index in [4.69, 9.17) is 0 Å². The highest BCUT2D eigenvalue weighted by Gasteiger charge is 2.10. The predicted octanol–water partition coefficient (Wildman–Crippen LogP) is 3.33. The third kappa shape index (κ3) is 4.03. The van der Waals surface area contributed by atoms with E-state index in [9.17, 15) is 13.6 Å². The molecule has 0 aliphatic rings. The molecule has 1 rings (SSSR count). The molecule has 0 aromatic heterocycles. The van der Waals surface area contributed by atoms with Crippen molar-refractivity contribution >= 4 is 28.6 Å². The van der Waals surface area contributed by atoms with Crippen LogP contribution < -0.4 is 0 Å². The maximum absolute atomic E-state index is 12.5. The number of ether oxygens (including phenoxy) is 1. The summed E-state index contributed by atoms with van der Waals surface area (Å²) in [5.74, 6) is -0.336. The van der Waals surface area contributed by atoms with Crippen LogP contribution in [0, 0.1) is 3.57 Å². The molecule has 0 saturated carbocycles. The van der Waals surface area contributed by atoms with Gasteiger partial charge in [0, 0.05) is 15.6 Å². The van der Waals surface area contributed by atoms with Crippen molar-refractivity contribution in [3.63, 3.8) is 0 Å². The Morgan fingerprint density at radius 2 is 2.12 bits per heavy atom. The lowest BCUT2D eigenvalue weighted by Gasteiger charge is -2.05. The summed E-state index contributed by atoms with van der Waals surface area (Å²) in [7, 11) is 1.31. The van der Waals surface area contributed by atoms with E-state index in [2.05, 4.69) is 4.74 Å². The second-order valence-corrected chi connectivity index (χ2v) is 4.52. The molecule has 0 atom stereocenters. The number of benzene rings is 1. The fourth-order valence-electron chi connectivity index (χ4n) is 1.29. The summed E-state index contributed by atoms with van der Waals surface area (Å²) in [4.78, 5) is 10.9. The molecule has 5 heteroatoms. The van der Waals surface area contributed by atoms with Crippen molar-refractivity contribution in [1.29, 1.82) is 0 Å². The minimum Gasteiger partial charge on any atom is -0.469 e. The molecule has 0 bridgehead atoms. The maximum Gasteiger partial charge on any atom is 0.305 e. The van der Waals surface area contributed by atoms with Crippen molar-refractivity contribution in [3.05, 3.63) is 32.9 Å². The Morgan fingerprint density at radius 1 is 1.44 bits per heavy atom. The molecule has 0 aliphatic heterocycles. The number of halogens is 3. The lowest BCUT2D eigenvalue weighted by atomic mass is 10.1. The Balaban J connectivity index is 2.76. The van der Waals surface area contributed by atoms with Crippen molar-refractivity contribution < 1.29 is 18.3 Å². The highest BCUT2D eigenvalue weighted by Crippen LogP contribution is 2.23. The van der Waals surface area contributed by atoms with E-state index in [-0.39, 0.29) is 18.0 Å². The van der Waals surface area contributed by atoms with Crippen LogP contribution in [0.3, 0.4) is 0 Å². The number of hydrogen-bond acceptors (Lipinski definition) is 2. The van der Waals surface area contributed by atoms with Gasteiger partial charge in [-0.25, -0.2) is 8.78 Å². The standard InChI is InChI=1S/C11H11F2IO2/c1-16-10(15)3-2-7-4-8(11(12)13)6-9(14)5-7/h4-6,11H,2-3H2,1H3. The Hall–Kier alpha value is -0.720. The smallest absolute Gasteiger partial charge is 0.305 e. The molecule has 0 N–H and O–H groups in total. The van der Waals surface area contributed by atoms with Crippen LogP contribution in [0.15, 0.2) is 18.2 Å². The number of hydrogen-bond donors (Lipinski definition) is 0. The molecule has 1 aromatic carbocycles. The number of rotatable bonds is 4. The number of aryl methyl sites for hydroxylation is 1. The van der Waals surface area contributed by atoms with Crippen LogP contribution in [0.4, 0.5) is 8.78 Å². The van der Waals surface area contributed by atoms with Gasteiger partial charge >= 0.3 is 5.97 Å². The lowest BCUT2D eigenvalue weighted by molar-refractivity contribution is -0.140. The third-order valence-electron chi connectivity index (χ3n) is 2.08. The summed E-state index contributed by atoms with van der Waals surface area (Å²) in [6.45, 7) is 0. The first-order valence-electron chi connectivity index (χ1n) is 4.67. The van der Waals surface area contributed by atoms with Gasteiger partial charge in [-0.2, -0.15) is 0 Å². The minimum absolute atomic E-state index is 0.00762. The quantitative estimate of drug-likeness (QED) is 0.621. The van der Waals surface area contributed by atoms with Gasteiger partial charge in [0.15, 0.2) is 0 Å². The minimum atomic E-state index is -2.48. The number of methoxy groups -OCH3 is 1. The zero-order chi connectivity index (χ0) is 12.1. The second kappa shape index (κ2) is 6.12. The van der Waals surface area contributed by atoms with Crippen molar-refractivity contribution in [2.75, 3.05) is 7.11 Å². The molecule has 0 fully saturated rings. The number of esters is 1. The molecule has 2 nitrogen and oxygen atoms in total. The molecule has 0 unspecified atom stereocenters. The van der Waals surface area contributed by atoms with Crippen molar-refractivity contribution in [1.82, 2.24) is 0 Å². The van der Waals surface area contributed by atoms with Crippen molar-refractivity contribution in [2.45, 2.75) is 19.3 Å². The summed E-state index contributed by atoms with van der Waals surface area (Å²) in [5, 5.41) is 0. The first-order chi connectivity index (χ1) is 7.52. The molecule has 0 saturated heterocycles. The zero-order valence-corrected chi connectivity index (χ0v) is 10.8. The van der Waals surface area contributed by atoms with Gasteiger partial charge in [-0.05, 0) is 46.7 Å². The van der Waals surface area contributed by atoms with Gasteiger partial charge in [-0.1, -0.05) is 6.07 Å². The van der Waals surface area contributed by atoms with Gasteiger partial charge < -0.3 is 4.74 Å². The first kappa shape index (κ1) is 13.3. The van der Waals surface area contributed by atoms with E-state index in [1.54, 1.807) is 6.07 Å². The molecule has 0 heterocycles. The maximum atomic E-state index is 12.5. The fraction of sp³-hybridized carbons (Fsp3) is 0.364. The Morgan fingerprint density at radius 3 is 2.69 bits per heavy atom. The van der Waals surface area contributed by atoms with E-state index >= 15 is 0 Å². The highest BCUT2D eigenvalue weighted by molar-refractivity contribution is 14.1. The van der Waals surface area contributed by atoms with E-state index < -0.39 is 6.43 Å². The van der Waals surface area contributed by atoms with Crippen LogP contribution in [-0.4, -0.2) is 13.1 Å². The monoisotopic (exact) mass is 340 g/mol. The number of carbonyl (C=O) groups is 1. The SMILES string of the molecule is COC(=O)CCc1cc(I)cc(C(F)F)c1. The van der Waals surface area contributed by atoms with Crippen LogP contribution >= 0.6 is 22.6 Å². The third-order valence-corrected chi connectivity index (χ3v) is 2.70. The van der Waals surface area contributed by atoms with Crippen LogP contribution in [0.5, 0.6) is 0 Å². The van der Waals surface area contributed by atoms with Crippen LogP contribution in [-0.2, 0) is 16.0 Å². The number of alkyl halides is 2. The second-order valence-electron chi connectivity index (χ2n) is 3.27. The summed E-state index contributed by atoms with van der Waals surface area (Å²) < 4.78 is 30.2. The molecular formula is C11H11F2IO2. The first-order valence-corrected chi connectivity index (χ1v) is 5.75. The number of carbonyl (C=O) groups excluding carboxylic acids is 1. The zero-order valence-electron chi connectivity index (χ0n) is 8.67. The van der Waals surface area contributed by atoms with Crippen LogP contribution in [0.2, 0.25) is 0 Å². The van der Waals surface area contributed by atoms with Crippen molar-refractivity contribution in [3.8, 4) is 0 Å². The average Bonchev–Trinajstić information content (AvgIpc) is 2.25. The fourth-order valence-corrected chi connectivity index (χ4v) is 2.05. The summed E-state index contributed by atoms with van der Waals surface area (Å²) in [6, 6.07) is 4.65. The average molecular weight is 340 g/mol. The Kier molecular flexibility index (Phi) is 5.11. The summed E-state index contributed by atoms with van der Waals surface area (Å²) >= 11 is 1.98. The van der Waals surface area contributed by atoms with Crippen LogP contribution in [0.25, 0.3) is 0 Å². The summed E-state index contributed by atoms with van der Waals surface area (Å²) in [6.07, 6.45) is -1.85. The van der Waals surface area contributed by atoms with Gasteiger partial charge in [-0.3, -0.25) is 4.79 Å². The normalized spacial score (nSPS) is 10.6. The highest BCUT2D eigenvalue weighted by atomic mass is 127. The molecule has 0 spiro atoms. The van der Waals surface area contributed by atoms with E-state index in [1.807, 2.05) is 22.6 Å². The van der Waals surface area contributed by atoms with Gasteiger partial charge in [0.05, 0.1) is 7.11 Å². The molecule has 0 amide bonds. The molecule has 0 aliphatic carbocycles. The lowest BCUT2D eigenvalue weighted by Crippen LogP contribution is -2.02. The van der Waals surface area contributed by atoms with Gasteiger partial charge in [0.25, 0.3) is 6.43 Å². The molecular weight excluding hydrogens is 329 g/mol. The van der Waals surface area contributed by atoms with Crippen molar-refractivity contribution in [2.24, 2.45) is 0 Å². The molecule has 88 valence electrons. The summed E-state index contributed by atoms with van der Waals surface area (Å²) in [5.41, 5.74) is 0.722. The largest absolute Gasteiger partial charge is 0.469 e. The molecule has 16 heavy (non-hydrogen) atoms. The Labute approximate surface area is 106 Å². The molecule has 1 aromatic rings. The van der Waals surface area contributed by atoms with Crippen LogP contribution in [0.1, 0.15) is 24.0 Å². The predicted molar refractivity (Wildman–Crippen MR) is 64.5 cm³/mol. The van der Waals surface area contributed by atoms with E-state index in [1.165, 1.54) is 19.2 Å². The molecule has 0 radical (unpaired) electrons. The van der Waals surface area contributed by atoms with E-state index in [0.29, 0.717) is 6.42 Å². The van der Waals surface area contributed by atoms with Gasteiger partial charge in [-0.15, -0.1) is 0 Å². The topological polar surface area (TPSA) is 26.3 Å². The van der Waals surface area contributed by atoms with E-state index in [0.717, 1.165) is 9.13 Å². The van der Waals surface area contributed by atoms with Gasteiger partial charge in [0.2, 0.25) is 0 Å². The van der Waals surface area contributed by atoms with Gasteiger partial charge in [0.1, 0.15) is 0 Å².